The molecule has 2 aromatic carbocycles. The van der Waals surface area contributed by atoms with Crippen molar-refractivity contribution in [3.63, 3.8) is 0 Å². The van der Waals surface area contributed by atoms with Crippen molar-refractivity contribution in [2.75, 3.05) is 25.6 Å². The normalized spacial score (nSPS) is 17.4. The standard InChI is InChI=1S/C22H23NO7/c1-12-8-14-9-15(10-19(26-3)20(14)29-12)22(25)30-13(2)21(24)23-16-4-5-17-18(11-16)28-7-6-27-17/h4-5,9-13H,6-8H2,1-3H3,(H,23,24)/t12-,13-/m0/s1. The fraction of sp³-hybridized carbons (Fsp3) is 0.364. The highest BCUT2D eigenvalue weighted by Crippen LogP contribution is 2.39. The highest BCUT2D eigenvalue weighted by molar-refractivity contribution is 5.98. The number of fused-ring (bicyclic) bond motifs is 2. The van der Waals surface area contributed by atoms with E-state index in [1.165, 1.54) is 14.0 Å². The number of hydrogen-bond acceptors (Lipinski definition) is 7. The van der Waals surface area contributed by atoms with E-state index >= 15 is 0 Å². The summed E-state index contributed by atoms with van der Waals surface area (Å²) in [7, 11) is 1.51. The number of anilines is 1. The Bertz CT molecular complexity index is 988. The third-order valence-corrected chi connectivity index (χ3v) is 4.88. The summed E-state index contributed by atoms with van der Waals surface area (Å²) in [6.45, 7) is 4.40. The number of carbonyl (C=O) groups excluding carboxylic acids is 2. The van der Waals surface area contributed by atoms with Crippen LogP contribution in [0.1, 0.15) is 29.8 Å². The van der Waals surface area contributed by atoms with Gasteiger partial charge < -0.3 is 29.0 Å². The van der Waals surface area contributed by atoms with E-state index in [-0.39, 0.29) is 6.10 Å². The first-order valence-corrected chi connectivity index (χ1v) is 9.73. The van der Waals surface area contributed by atoms with E-state index in [4.69, 9.17) is 23.7 Å². The van der Waals surface area contributed by atoms with E-state index in [1.807, 2.05) is 6.92 Å². The smallest absolute Gasteiger partial charge is 0.339 e. The Morgan fingerprint density at radius 2 is 1.90 bits per heavy atom. The minimum atomic E-state index is -1.000. The molecule has 8 heteroatoms. The van der Waals surface area contributed by atoms with E-state index < -0.39 is 18.0 Å². The molecule has 0 unspecified atom stereocenters. The average Bonchev–Trinajstić information content (AvgIpc) is 3.12. The summed E-state index contributed by atoms with van der Waals surface area (Å²) in [5.74, 6) is 1.24. The lowest BCUT2D eigenvalue weighted by Gasteiger charge is -2.19. The number of esters is 1. The summed E-state index contributed by atoms with van der Waals surface area (Å²) < 4.78 is 27.4. The summed E-state index contributed by atoms with van der Waals surface area (Å²) in [5, 5.41) is 2.72. The van der Waals surface area contributed by atoms with Crippen LogP contribution in [0.25, 0.3) is 0 Å². The molecule has 0 aromatic heterocycles. The minimum absolute atomic E-state index is 0.0101. The largest absolute Gasteiger partial charge is 0.493 e. The lowest BCUT2D eigenvalue weighted by molar-refractivity contribution is -0.123. The van der Waals surface area contributed by atoms with Crippen LogP contribution in [0.2, 0.25) is 0 Å². The zero-order valence-electron chi connectivity index (χ0n) is 17.0. The van der Waals surface area contributed by atoms with Crippen molar-refractivity contribution in [1.82, 2.24) is 0 Å². The summed E-state index contributed by atoms with van der Waals surface area (Å²) in [6, 6.07) is 8.38. The summed E-state index contributed by atoms with van der Waals surface area (Å²) in [5.41, 5.74) is 1.71. The molecule has 0 aliphatic carbocycles. The van der Waals surface area contributed by atoms with Crippen LogP contribution in [-0.4, -0.2) is 44.4 Å². The molecule has 2 heterocycles. The quantitative estimate of drug-likeness (QED) is 0.754. The van der Waals surface area contributed by atoms with E-state index in [2.05, 4.69) is 5.32 Å². The number of ether oxygens (including phenoxy) is 5. The van der Waals surface area contributed by atoms with Gasteiger partial charge in [0.15, 0.2) is 29.1 Å². The van der Waals surface area contributed by atoms with Crippen LogP contribution in [0.3, 0.4) is 0 Å². The molecule has 0 saturated carbocycles. The van der Waals surface area contributed by atoms with Gasteiger partial charge >= 0.3 is 5.97 Å². The maximum absolute atomic E-state index is 12.6. The van der Waals surface area contributed by atoms with Gasteiger partial charge in [-0.15, -0.1) is 0 Å². The van der Waals surface area contributed by atoms with Gasteiger partial charge in [0.2, 0.25) is 0 Å². The van der Waals surface area contributed by atoms with E-state index in [0.717, 1.165) is 5.56 Å². The molecule has 8 nitrogen and oxygen atoms in total. The molecule has 0 bridgehead atoms. The van der Waals surface area contributed by atoms with Crippen molar-refractivity contribution in [1.29, 1.82) is 0 Å². The predicted octanol–water partition coefficient (Wildman–Crippen LogP) is 2.97. The van der Waals surface area contributed by atoms with E-state index in [1.54, 1.807) is 30.3 Å². The topological polar surface area (TPSA) is 92.3 Å². The minimum Gasteiger partial charge on any atom is -0.493 e. The maximum atomic E-state index is 12.6. The summed E-state index contributed by atoms with van der Waals surface area (Å²) >= 11 is 0. The molecule has 0 radical (unpaired) electrons. The van der Waals surface area contributed by atoms with Gasteiger partial charge in [-0.2, -0.15) is 0 Å². The van der Waals surface area contributed by atoms with Crippen molar-refractivity contribution in [3.8, 4) is 23.0 Å². The van der Waals surface area contributed by atoms with E-state index in [0.29, 0.717) is 53.9 Å². The van der Waals surface area contributed by atoms with Crippen LogP contribution in [0.4, 0.5) is 5.69 Å². The van der Waals surface area contributed by atoms with Gasteiger partial charge in [0.25, 0.3) is 5.91 Å². The molecular formula is C22H23NO7. The summed E-state index contributed by atoms with van der Waals surface area (Å²) in [6.07, 6.45) is -0.316. The number of carbonyl (C=O) groups is 2. The van der Waals surface area contributed by atoms with Crippen molar-refractivity contribution < 1.29 is 33.3 Å². The first-order valence-electron chi connectivity index (χ1n) is 9.73. The van der Waals surface area contributed by atoms with Crippen molar-refractivity contribution in [2.45, 2.75) is 32.5 Å². The second-order valence-electron chi connectivity index (χ2n) is 7.19. The number of rotatable bonds is 5. The third kappa shape index (κ3) is 3.98. The predicted molar refractivity (Wildman–Crippen MR) is 108 cm³/mol. The highest BCUT2D eigenvalue weighted by Gasteiger charge is 2.27. The van der Waals surface area contributed by atoms with Crippen molar-refractivity contribution >= 4 is 17.6 Å². The van der Waals surface area contributed by atoms with Crippen LogP contribution in [0, 0.1) is 0 Å². The van der Waals surface area contributed by atoms with Gasteiger partial charge in [-0.05, 0) is 38.1 Å². The number of hydrogen-bond donors (Lipinski definition) is 1. The molecule has 0 saturated heterocycles. The molecule has 2 aliphatic heterocycles. The lowest BCUT2D eigenvalue weighted by atomic mass is 10.1. The molecule has 0 spiro atoms. The molecule has 158 valence electrons. The van der Waals surface area contributed by atoms with Crippen molar-refractivity contribution in [3.05, 3.63) is 41.5 Å². The first kappa shape index (κ1) is 19.9. The first-order chi connectivity index (χ1) is 14.4. The number of amides is 1. The van der Waals surface area contributed by atoms with Gasteiger partial charge in [-0.1, -0.05) is 0 Å². The molecule has 0 fully saturated rings. The lowest BCUT2D eigenvalue weighted by Crippen LogP contribution is -2.30. The van der Waals surface area contributed by atoms with Gasteiger partial charge in [0.05, 0.1) is 12.7 Å². The van der Waals surface area contributed by atoms with Gasteiger partial charge in [-0.3, -0.25) is 4.79 Å². The molecule has 4 rings (SSSR count). The molecule has 1 N–H and O–H groups in total. The van der Waals surface area contributed by atoms with Crippen molar-refractivity contribution in [2.24, 2.45) is 0 Å². The van der Waals surface area contributed by atoms with Crippen LogP contribution in [0.15, 0.2) is 30.3 Å². The van der Waals surface area contributed by atoms with Crippen LogP contribution < -0.4 is 24.3 Å². The van der Waals surface area contributed by atoms with Crippen LogP contribution in [0.5, 0.6) is 23.0 Å². The Hall–Kier alpha value is -3.42. The Morgan fingerprint density at radius 1 is 1.13 bits per heavy atom. The molecule has 1 amide bonds. The second-order valence-corrected chi connectivity index (χ2v) is 7.19. The second kappa shape index (κ2) is 8.14. The third-order valence-electron chi connectivity index (χ3n) is 4.88. The fourth-order valence-corrected chi connectivity index (χ4v) is 3.41. The van der Waals surface area contributed by atoms with Gasteiger partial charge in [0, 0.05) is 23.7 Å². The van der Waals surface area contributed by atoms with Gasteiger partial charge in [0.1, 0.15) is 19.3 Å². The van der Waals surface area contributed by atoms with Crippen LogP contribution >= 0.6 is 0 Å². The Morgan fingerprint density at radius 3 is 2.67 bits per heavy atom. The molecule has 2 atom stereocenters. The SMILES string of the molecule is COc1cc(C(=O)O[C@@H](C)C(=O)Nc2ccc3c(c2)OCCO3)cc2c1O[C@@H](C)C2. The molecule has 2 aromatic rings. The van der Waals surface area contributed by atoms with Crippen LogP contribution in [-0.2, 0) is 16.0 Å². The average molecular weight is 413 g/mol. The highest BCUT2D eigenvalue weighted by atomic mass is 16.6. The zero-order chi connectivity index (χ0) is 21.3. The molecular weight excluding hydrogens is 390 g/mol. The Balaban J connectivity index is 1.42. The fourth-order valence-electron chi connectivity index (χ4n) is 3.41. The Kier molecular flexibility index (Phi) is 5.39. The summed E-state index contributed by atoms with van der Waals surface area (Å²) in [4.78, 5) is 25.1. The Labute approximate surface area is 174 Å². The number of nitrogens with one attached hydrogen (secondary N) is 1. The maximum Gasteiger partial charge on any atom is 0.339 e. The number of benzene rings is 2. The zero-order valence-corrected chi connectivity index (χ0v) is 17.0. The molecule has 2 aliphatic rings. The van der Waals surface area contributed by atoms with Gasteiger partial charge in [-0.25, -0.2) is 4.79 Å². The molecule has 30 heavy (non-hydrogen) atoms. The monoisotopic (exact) mass is 413 g/mol. The number of methoxy groups -OCH3 is 1. The van der Waals surface area contributed by atoms with E-state index in [9.17, 15) is 9.59 Å².